The first-order valence-electron chi connectivity index (χ1n) is 15.4. The molecule has 1 saturated carbocycles. The molecule has 3 aromatic carbocycles. The van der Waals surface area contributed by atoms with Crippen LogP contribution in [0.3, 0.4) is 0 Å². The summed E-state index contributed by atoms with van der Waals surface area (Å²) in [5.41, 5.74) is 3.78. The lowest BCUT2D eigenvalue weighted by Crippen LogP contribution is -2.40. The second kappa shape index (κ2) is 13.3. The number of benzene rings is 3. The van der Waals surface area contributed by atoms with E-state index in [9.17, 15) is 17.6 Å². The molecule has 1 amide bonds. The Labute approximate surface area is 279 Å². The van der Waals surface area contributed by atoms with E-state index in [2.05, 4.69) is 5.32 Å². The highest BCUT2D eigenvalue weighted by atomic mass is 35.5. The van der Waals surface area contributed by atoms with Crippen molar-refractivity contribution < 1.29 is 17.6 Å². The van der Waals surface area contributed by atoms with Gasteiger partial charge in [-0.3, -0.25) is 4.79 Å². The van der Waals surface area contributed by atoms with E-state index >= 15 is 0 Å². The lowest BCUT2D eigenvalue weighted by molar-refractivity contribution is 0.0912. The van der Waals surface area contributed by atoms with Gasteiger partial charge in [0.05, 0.1) is 21.3 Å². The summed E-state index contributed by atoms with van der Waals surface area (Å²) in [6, 6.07) is 17.5. The summed E-state index contributed by atoms with van der Waals surface area (Å²) in [6.07, 6.45) is 7.35. The maximum Gasteiger partial charge on any atom is 0.272 e. The quantitative estimate of drug-likeness (QED) is 0.214. The SMILES string of the molecule is Cc1ccc(S(=O)(=O)N2C/C(=C\c3ccc(F)cc3)c3c(c(C(=O)N[C@H](C)C4CCCCC4)nn3-c3ccc(Cl)cc3Cl)C2)cc1. The van der Waals surface area contributed by atoms with Gasteiger partial charge in [-0.2, -0.15) is 9.40 Å². The van der Waals surface area contributed by atoms with Crippen LogP contribution in [0, 0.1) is 18.7 Å². The molecule has 1 fully saturated rings. The van der Waals surface area contributed by atoms with E-state index in [-0.39, 0.29) is 41.4 Å². The lowest BCUT2D eigenvalue weighted by Gasteiger charge is -2.30. The van der Waals surface area contributed by atoms with Crippen molar-refractivity contribution in [1.82, 2.24) is 19.4 Å². The standard InChI is InChI=1S/C35H35Cl2FN4O3S/c1-22-8-15-29(16-9-22)46(44,45)41-20-26(18-24-10-13-28(38)14-11-24)34-30(21-41)33(35(43)39-23(2)25-6-4-3-5-7-25)40-42(34)32-17-12-27(36)19-31(32)37/h8-19,23,25H,3-7,20-21H2,1-2H3,(H,39,43)/b26-18+/t23-/m1/s1. The van der Waals surface area contributed by atoms with Gasteiger partial charge >= 0.3 is 0 Å². The van der Waals surface area contributed by atoms with Gasteiger partial charge < -0.3 is 5.32 Å². The van der Waals surface area contributed by atoms with Crippen LogP contribution in [0.2, 0.25) is 10.0 Å². The largest absolute Gasteiger partial charge is 0.348 e. The number of rotatable bonds is 7. The monoisotopic (exact) mass is 680 g/mol. The van der Waals surface area contributed by atoms with Crippen molar-refractivity contribution in [3.8, 4) is 5.69 Å². The first kappa shape index (κ1) is 32.4. The molecule has 4 aromatic rings. The number of nitrogens with one attached hydrogen (secondary N) is 1. The molecule has 1 aromatic heterocycles. The molecule has 2 aliphatic rings. The van der Waals surface area contributed by atoms with Crippen LogP contribution in [0.1, 0.15) is 71.9 Å². The molecule has 46 heavy (non-hydrogen) atoms. The summed E-state index contributed by atoms with van der Waals surface area (Å²) in [7, 11) is -3.98. The molecule has 1 atom stereocenters. The molecule has 1 aliphatic carbocycles. The summed E-state index contributed by atoms with van der Waals surface area (Å²) in [6.45, 7) is 3.80. The summed E-state index contributed by atoms with van der Waals surface area (Å²) >= 11 is 12.9. The molecule has 1 aliphatic heterocycles. The van der Waals surface area contributed by atoms with E-state index in [1.54, 1.807) is 65.4 Å². The minimum Gasteiger partial charge on any atom is -0.348 e. The zero-order valence-corrected chi connectivity index (χ0v) is 28.0. The van der Waals surface area contributed by atoms with E-state index in [0.29, 0.717) is 44.0 Å². The Morgan fingerprint density at radius 2 is 1.70 bits per heavy atom. The van der Waals surface area contributed by atoms with E-state index in [1.807, 2.05) is 13.8 Å². The Kier molecular flexibility index (Phi) is 9.39. The molecular formula is C35H35Cl2FN4O3S. The smallest absolute Gasteiger partial charge is 0.272 e. The number of sulfonamides is 1. The second-order valence-electron chi connectivity index (χ2n) is 12.2. The van der Waals surface area contributed by atoms with Crippen LogP contribution < -0.4 is 5.32 Å². The van der Waals surface area contributed by atoms with Crippen molar-refractivity contribution in [3.63, 3.8) is 0 Å². The summed E-state index contributed by atoms with van der Waals surface area (Å²) in [5.74, 6) is -0.415. The molecule has 0 saturated heterocycles. The Balaban J connectivity index is 1.52. The normalized spacial score (nSPS) is 17.5. The lowest BCUT2D eigenvalue weighted by atomic mass is 9.84. The number of amides is 1. The van der Waals surface area contributed by atoms with Crippen LogP contribution in [0.4, 0.5) is 4.39 Å². The van der Waals surface area contributed by atoms with E-state index < -0.39 is 10.0 Å². The second-order valence-corrected chi connectivity index (χ2v) is 14.9. The van der Waals surface area contributed by atoms with E-state index in [4.69, 9.17) is 28.3 Å². The number of nitrogens with zero attached hydrogens (tertiary/aromatic N) is 3. The Hall–Kier alpha value is -3.50. The first-order valence-corrected chi connectivity index (χ1v) is 17.6. The van der Waals surface area contributed by atoms with Crippen molar-refractivity contribution in [2.75, 3.05) is 6.54 Å². The third-order valence-corrected chi connectivity index (χ3v) is 11.3. The molecule has 2 heterocycles. The molecule has 1 N–H and O–H groups in total. The fraction of sp³-hybridized carbons (Fsp3) is 0.314. The minimum absolute atomic E-state index is 0.0168. The van der Waals surface area contributed by atoms with Crippen molar-refractivity contribution in [3.05, 3.63) is 111 Å². The molecular weight excluding hydrogens is 646 g/mol. The van der Waals surface area contributed by atoms with Crippen LogP contribution in [0.5, 0.6) is 0 Å². The van der Waals surface area contributed by atoms with Gasteiger partial charge in [-0.05, 0) is 92.3 Å². The number of hydrogen-bond donors (Lipinski definition) is 1. The van der Waals surface area contributed by atoms with Gasteiger partial charge in [-0.15, -0.1) is 0 Å². The summed E-state index contributed by atoms with van der Waals surface area (Å²) in [4.78, 5) is 14.2. The third kappa shape index (κ3) is 6.65. The molecule has 6 rings (SSSR count). The topological polar surface area (TPSA) is 84.3 Å². The average Bonchev–Trinajstić information content (AvgIpc) is 3.42. The molecule has 0 radical (unpaired) electrons. The van der Waals surface area contributed by atoms with Crippen LogP contribution in [0.15, 0.2) is 71.6 Å². The zero-order valence-electron chi connectivity index (χ0n) is 25.6. The Morgan fingerprint density at radius 3 is 2.37 bits per heavy atom. The number of hydrogen-bond acceptors (Lipinski definition) is 4. The molecule has 0 spiro atoms. The van der Waals surface area contributed by atoms with E-state index in [0.717, 1.165) is 31.2 Å². The number of carbonyl (C=O) groups is 1. The Bertz CT molecular complexity index is 1900. The zero-order chi connectivity index (χ0) is 32.6. The van der Waals surface area contributed by atoms with Crippen molar-refractivity contribution >= 4 is 50.8 Å². The highest BCUT2D eigenvalue weighted by Crippen LogP contribution is 2.38. The van der Waals surface area contributed by atoms with Gasteiger partial charge in [0.15, 0.2) is 5.69 Å². The van der Waals surface area contributed by atoms with Gasteiger partial charge in [0.1, 0.15) is 5.82 Å². The van der Waals surface area contributed by atoms with Crippen LogP contribution >= 0.6 is 23.2 Å². The molecule has 0 bridgehead atoms. The molecule has 11 heteroatoms. The van der Waals surface area contributed by atoms with Crippen molar-refractivity contribution in [2.45, 2.75) is 63.4 Å². The fourth-order valence-electron chi connectivity index (χ4n) is 6.37. The number of carbonyl (C=O) groups excluding carboxylic acids is 1. The van der Waals surface area contributed by atoms with Crippen molar-refractivity contribution in [1.29, 1.82) is 0 Å². The summed E-state index contributed by atoms with van der Waals surface area (Å²) < 4.78 is 44.9. The van der Waals surface area contributed by atoms with Gasteiger partial charge in [-0.25, -0.2) is 17.5 Å². The van der Waals surface area contributed by atoms with Crippen LogP contribution in [-0.4, -0.2) is 41.0 Å². The van der Waals surface area contributed by atoms with Crippen LogP contribution in [-0.2, 0) is 16.6 Å². The minimum atomic E-state index is -3.98. The Morgan fingerprint density at radius 1 is 1.00 bits per heavy atom. The average molecular weight is 682 g/mol. The maximum atomic E-state index is 14.1. The predicted octanol–water partition coefficient (Wildman–Crippen LogP) is 8.07. The fourth-order valence-corrected chi connectivity index (χ4v) is 8.24. The molecule has 0 unspecified atom stereocenters. The summed E-state index contributed by atoms with van der Waals surface area (Å²) in [5, 5.41) is 8.73. The maximum absolute atomic E-state index is 14.1. The molecule has 240 valence electrons. The predicted molar refractivity (Wildman–Crippen MR) is 180 cm³/mol. The highest BCUT2D eigenvalue weighted by Gasteiger charge is 2.38. The number of aryl methyl sites for hydroxylation is 1. The van der Waals surface area contributed by atoms with Gasteiger partial charge in [0.25, 0.3) is 5.91 Å². The van der Waals surface area contributed by atoms with Gasteiger partial charge in [0.2, 0.25) is 10.0 Å². The number of fused-ring (bicyclic) bond motifs is 1. The molecule has 7 nitrogen and oxygen atoms in total. The van der Waals surface area contributed by atoms with E-state index in [1.165, 1.54) is 22.9 Å². The van der Waals surface area contributed by atoms with Crippen LogP contribution in [0.25, 0.3) is 17.3 Å². The number of halogens is 3. The highest BCUT2D eigenvalue weighted by molar-refractivity contribution is 7.89. The van der Waals surface area contributed by atoms with Gasteiger partial charge in [0, 0.05) is 29.7 Å². The number of aromatic nitrogens is 2. The third-order valence-electron chi connectivity index (χ3n) is 8.91. The first-order chi connectivity index (χ1) is 22.0. The van der Waals surface area contributed by atoms with Gasteiger partial charge in [-0.1, -0.05) is 72.3 Å². The van der Waals surface area contributed by atoms with Crippen molar-refractivity contribution in [2.24, 2.45) is 5.92 Å².